The average Bonchev–Trinajstić information content (AvgIpc) is 2.53. The van der Waals surface area contributed by atoms with Crippen molar-refractivity contribution in [3.8, 4) is 0 Å². The van der Waals surface area contributed by atoms with Gasteiger partial charge in [-0.3, -0.25) is 14.9 Å². The summed E-state index contributed by atoms with van der Waals surface area (Å²) in [5.41, 5.74) is 0.199. The van der Waals surface area contributed by atoms with Crippen LogP contribution in [-0.2, 0) is 4.79 Å². The topological polar surface area (TPSA) is 110 Å². The zero-order valence-corrected chi connectivity index (χ0v) is 11.3. The fourth-order valence-corrected chi connectivity index (χ4v) is 1.91. The van der Waals surface area contributed by atoms with Crippen molar-refractivity contribution >= 4 is 17.6 Å². The van der Waals surface area contributed by atoms with Crippen LogP contribution in [0.15, 0.2) is 54.6 Å². The Kier molecular flexibility index (Phi) is 4.47. The summed E-state index contributed by atoms with van der Waals surface area (Å²) in [6.45, 7) is 0. The summed E-state index contributed by atoms with van der Waals surface area (Å²) < 4.78 is 0. The van der Waals surface area contributed by atoms with Crippen molar-refractivity contribution in [1.29, 1.82) is 0 Å². The lowest BCUT2D eigenvalue weighted by Crippen LogP contribution is -2.33. The predicted octanol–water partition coefficient (Wildman–Crippen LogP) is 2.15. The molecule has 7 heteroatoms. The van der Waals surface area contributed by atoms with Gasteiger partial charge in [0.25, 0.3) is 11.6 Å². The quantitative estimate of drug-likeness (QED) is 0.649. The maximum atomic E-state index is 12.1. The Hall–Kier alpha value is -3.22. The second-order valence-corrected chi connectivity index (χ2v) is 4.46. The second-order valence-electron chi connectivity index (χ2n) is 4.46. The van der Waals surface area contributed by atoms with Crippen LogP contribution in [0, 0.1) is 10.1 Å². The first-order valence-electron chi connectivity index (χ1n) is 6.32. The summed E-state index contributed by atoms with van der Waals surface area (Å²) in [7, 11) is 0. The van der Waals surface area contributed by atoms with Gasteiger partial charge in [0, 0.05) is 17.7 Å². The lowest BCUT2D eigenvalue weighted by atomic mass is 10.1. The first-order chi connectivity index (χ1) is 10.5. The van der Waals surface area contributed by atoms with E-state index in [0.717, 1.165) is 6.07 Å². The van der Waals surface area contributed by atoms with Crippen LogP contribution < -0.4 is 5.32 Å². The molecule has 0 saturated heterocycles. The van der Waals surface area contributed by atoms with Gasteiger partial charge in [0.2, 0.25) is 0 Å². The Balaban J connectivity index is 2.24. The van der Waals surface area contributed by atoms with Crippen LogP contribution in [0.1, 0.15) is 22.0 Å². The summed E-state index contributed by atoms with van der Waals surface area (Å²) in [6, 6.07) is 12.1. The maximum Gasteiger partial charge on any atom is 0.330 e. The summed E-state index contributed by atoms with van der Waals surface area (Å²) in [5, 5.41) is 22.3. The minimum absolute atomic E-state index is 0.0244. The van der Waals surface area contributed by atoms with E-state index in [1.54, 1.807) is 30.3 Å². The molecule has 2 rings (SSSR count). The van der Waals surface area contributed by atoms with Gasteiger partial charge in [0.15, 0.2) is 6.04 Å². The molecule has 0 bridgehead atoms. The number of carbonyl (C=O) groups is 2. The normalized spacial score (nSPS) is 11.5. The molecule has 0 aromatic heterocycles. The summed E-state index contributed by atoms with van der Waals surface area (Å²) in [6.07, 6.45) is 0. The van der Waals surface area contributed by atoms with Crippen LogP contribution in [0.4, 0.5) is 5.69 Å². The number of carbonyl (C=O) groups excluding carboxylic acids is 1. The molecule has 2 N–H and O–H groups in total. The zero-order valence-electron chi connectivity index (χ0n) is 11.3. The largest absolute Gasteiger partial charge is 0.479 e. The van der Waals surface area contributed by atoms with Crippen molar-refractivity contribution < 1.29 is 19.6 Å². The zero-order chi connectivity index (χ0) is 16.1. The highest BCUT2D eigenvalue weighted by atomic mass is 16.6. The van der Waals surface area contributed by atoms with E-state index >= 15 is 0 Å². The molecule has 22 heavy (non-hydrogen) atoms. The third kappa shape index (κ3) is 3.45. The molecule has 0 aliphatic heterocycles. The van der Waals surface area contributed by atoms with E-state index in [9.17, 15) is 24.8 Å². The Morgan fingerprint density at radius 2 is 1.77 bits per heavy atom. The number of amides is 1. The fraction of sp³-hybridized carbons (Fsp3) is 0.0667. The molecule has 112 valence electrons. The third-order valence-corrected chi connectivity index (χ3v) is 2.97. The Morgan fingerprint density at radius 3 is 2.36 bits per heavy atom. The molecule has 1 amide bonds. The fourth-order valence-electron chi connectivity index (χ4n) is 1.91. The van der Waals surface area contributed by atoms with Crippen LogP contribution >= 0.6 is 0 Å². The Bertz CT molecular complexity index is 715. The molecule has 1 atom stereocenters. The number of hydrogen-bond donors (Lipinski definition) is 2. The van der Waals surface area contributed by atoms with E-state index in [-0.39, 0.29) is 11.3 Å². The highest BCUT2D eigenvalue weighted by Crippen LogP contribution is 2.16. The van der Waals surface area contributed by atoms with Gasteiger partial charge in [0.05, 0.1) is 4.92 Å². The van der Waals surface area contributed by atoms with Crippen LogP contribution in [0.3, 0.4) is 0 Å². The molecule has 7 nitrogen and oxygen atoms in total. The van der Waals surface area contributed by atoms with Crippen LogP contribution in [-0.4, -0.2) is 21.9 Å². The van der Waals surface area contributed by atoms with E-state index in [1.165, 1.54) is 18.2 Å². The van der Waals surface area contributed by atoms with Gasteiger partial charge >= 0.3 is 5.97 Å². The van der Waals surface area contributed by atoms with Crippen molar-refractivity contribution in [2.45, 2.75) is 6.04 Å². The smallest absolute Gasteiger partial charge is 0.330 e. The van der Waals surface area contributed by atoms with E-state index in [1.807, 2.05) is 0 Å². The molecule has 0 fully saturated rings. The molecule has 0 heterocycles. The summed E-state index contributed by atoms with van der Waals surface area (Å²) in [4.78, 5) is 33.5. The van der Waals surface area contributed by atoms with Gasteiger partial charge in [0.1, 0.15) is 0 Å². The molecular formula is C15H12N2O5. The third-order valence-electron chi connectivity index (χ3n) is 2.97. The molecule has 0 aliphatic carbocycles. The number of nitrogens with zero attached hydrogens (tertiary/aromatic N) is 1. The molecule has 2 aromatic carbocycles. The van der Waals surface area contributed by atoms with Gasteiger partial charge < -0.3 is 10.4 Å². The number of benzene rings is 2. The number of rotatable bonds is 5. The lowest BCUT2D eigenvalue weighted by Gasteiger charge is -2.14. The lowest BCUT2D eigenvalue weighted by molar-refractivity contribution is -0.384. The van der Waals surface area contributed by atoms with Crippen molar-refractivity contribution in [1.82, 2.24) is 5.32 Å². The number of non-ortho nitro benzene ring substituents is 1. The average molecular weight is 300 g/mol. The predicted molar refractivity (Wildman–Crippen MR) is 77.4 cm³/mol. The molecule has 0 saturated carbocycles. The van der Waals surface area contributed by atoms with Crippen molar-refractivity contribution in [2.24, 2.45) is 0 Å². The van der Waals surface area contributed by atoms with Crippen molar-refractivity contribution in [3.05, 3.63) is 75.8 Å². The standard InChI is InChI=1S/C15H12N2O5/c18-14(11-7-4-8-12(9-11)17(21)22)16-13(15(19)20)10-5-2-1-3-6-10/h1-9,13H,(H,16,18)(H,19,20)/t13-/m1/s1. The number of nitro benzene ring substituents is 1. The van der Waals surface area contributed by atoms with Crippen LogP contribution in [0.25, 0.3) is 0 Å². The van der Waals surface area contributed by atoms with E-state index in [2.05, 4.69) is 5.32 Å². The number of aliphatic carboxylic acids is 1. The number of nitrogens with one attached hydrogen (secondary N) is 1. The van der Waals surface area contributed by atoms with Gasteiger partial charge in [-0.05, 0) is 11.6 Å². The molecular weight excluding hydrogens is 288 g/mol. The SMILES string of the molecule is O=C(N[C@@H](C(=O)O)c1ccccc1)c1cccc([N+](=O)[O-])c1. The van der Waals surface area contributed by atoms with E-state index in [0.29, 0.717) is 5.56 Å². The number of hydrogen-bond acceptors (Lipinski definition) is 4. The molecule has 0 radical (unpaired) electrons. The molecule has 2 aromatic rings. The molecule has 0 aliphatic rings. The summed E-state index contributed by atoms with van der Waals surface area (Å²) >= 11 is 0. The van der Waals surface area contributed by atoms with Crippen LogP contribution in [0.2, 0.25) is 0 Å². The minimum Gasteiger partial charge on any atom is -0.479 e. The number of nitro groups is 1. The highest BCUT2D eigenvalue weighted by Gasteiger charge is 2.23. The Labute approximate surface area is 125 Å². The van der Waals surface area contributed by atoms with Gasteiger partial charge in [-0.15, -0.1) is 0 Å². The van der Waals surface area contributed by atoms with Crippen LogP contribution in [0.5, 0.6) is 0 Å². The second kappa shape index (κ2) is 6.49. The minimum atomic E-state index is -1.23. The monoisotopic (exact) mass is 300 g/mol. The van der Waals surface area contributed by atoms with Gasteiger partial charge in [-0.2, -0.15) is 0 Å². The number of carboxylic acid groups (broad SMARTS) is 1. The van der Waals surface area contributed by atoms with Gasteiger partial charge in [-0.1, -0.05) is 36.4 Å². The van der Waals surface area contributed by atoms with Gasteiger partial charge in [-0.25, -0.2) is 4.79 Å². The van der Waals surface area contributed by atoms with E-state index < -0.39 is 22.8 Å². The Morgan fingerprint density at radius 1 is 1.09 bits per heavy atom. The maximum absolute atomic E-state index is 12.1. The van der Waals surface area contributed by atoms with Crippen molar-refractivity contribution in [3.63, 3.8) is 0 Å². The highest BCUT2D eigenvalue weighted by molar-refractivity contribution is 5.97. The van der Waals surface area contributed by atoms with Crippen molar-refractivity contribution in [2.75, 3.05) is 0 Å². The first kappa shape index (κ1) is 15.2. The number of carboxylic acids is 1. The summed E-state index contributed by atoms with van der Waals surface area (Å²) in [5.74, 6) is -1.91. The molecule has 0 unspecified atom stereocenters. The van der Waals surface area contributed by atoms with E-state index in [4.69, 9.17) is 0 Å². The molecule has 0 spiro atoms. The first-order valence-corrected chi connectivity index (χ1v) is 6.32.